The van der Waals surface area contributed by atoms with E-state index in [4.69, 9.17) is 0 Å². The molecule has 4 rings (SSSR count). The average molecular weight is 455 g/mol. The van der Waals surface area contributed by atoms with Gasteiger partial charge in [0.05, 0.1) is 6.20 Å². The maximum absolute atomic E-state index is 13.7. The van der Waals surface area contributed by atoms with Crippen molar-refractivity contribution in [3.8, 4) is 0 Å². The number of anilines is 2. The van der Waals surface area contributed by atoms with Crippen LogP contribution in [0.3, 0.4) is 0 Å². The Morgan fingerprint density at radius 1 is 0.912 bits per heavy atom. The number of aromatic nitrogens is 2. The smallest absolute Gasteiger partial charge is 0.279 e. The first kappa shape index (κ1) is 22.8. The van der Waals surface area contributed by atoms with E-state index >= 15 is 0 Å². The molecule has 0 aliphatic heterocycles. The van der Waals surface area contributed by atoms with Gasteiger partial charge in [-0.25, -0.2) is 9.37 Å². The minimum atomic E-state index is -1.03. The third kappa shape index (κ3) is 5.15. The fraction of sp³-hybridized carbons (Fsp3) is 0.111. The number of halogens is 1. The molecule has 1 atom stereocenters. The topological polar surface area (TPSA) is 75.2 Å². The highest BCUT2D eigenvalue weighted by Crippen LogP contribution is 2.31. The fourth-order valence-corrected chi connectivity index (χ4v) is 3.60. The summed E-state index contributed by atoms with van der Waals surface area (Å²) in [5.74, 6) is -1.33. The quantitative estimate of drug-likeness (QED) is 0.431. The molecule has 0 unspecified atom stereocenters. The van der Waals surface area contributed by atoms with Crippen molar-refractivity contribution >= 4 is 23.2 Å². The highest BCUT2D eigenvalue weighted by atomic mass is 19.1. The lowest BCUT2D eigenvalue weighted by atomic mass is 10.0. The molecule has 3 aromatic carbocycles. The number of benzene rings is 3. The SMILES string of the molecule is Cc1ccc([C@H](C(=O)Nc2ccc(F)cc2)N(C(=O)c2cnccn2)c2cccc(C)c2)cc1. The summed E-state index contributed by atoms with van der Waals surface area (Å²) < 4.78 is 13.4. The summed E-state index contributed by atoms with van der Waals surface area (Å²) in [6.45, 7) is 3.86. The maximum atomic E-state index is 13.7. The molecule has 1 N–H and O–H groups in total. The lowest BCUT2D eigenvalue weighted by Crippen LogP contribution is -2.42. The first-order chi connectivity index (χ1) is 16.4. The molecule has 6 nitrogen and oxygen atoms in total. The van der Waals surface area contributed by atoms with Crippen molar-refractivity contribution in [2.24, 2.45) is 0 Å². The van der Waals surface area contributed by atoms with Gasteiger partial charge < -0.3 is 5.32 Å². The molecule has 34 heavy (non-hydrogen) atoms. The van der Waals surface area contributed by atoms with Gasteiger partial charge in [0.2, 0.25) is 0 Å². The first-order valence-corrected chi connectivity index (χ1v) is 10.7. The van der Waals surface area contributed by atoms with Crippen LogP contribution in [0.25, 0.3) is 0 Å². The van der Waals surface area contributed by atoms with Crippen LogP contribution in [0.1, 0.15) is 33.2 Å². The zero-order valence-corrected chi connectivity index (χ0v) is 18.8. The van der Waals surface area contributed by atoms with Crippen molar-refractivity contribution in [1.29, 1.82) is 0 Å². The molecular weight excluding hydrogens is 431 g/mol. The van der Waals surface area contributed by atoms with Gasteiger partial charge >= 0.3 is 0 Å². The summed E-state index contributed by atoms with van der Waals surface area (Å²) in [5, 5.41) is 2.82. The Morgan fingerprint density at radius 2 is 1.65 bits per heavy atom. The van der Waals surface area contributed by atoms with Crippen molar-refractivity contribution in [3.05, 3.63) is 120 Å². The Hall–Kier alpha value is -4.39. The molecule has 7 heteroatoms. The van der Waals surface area contributed by atoms with E-state index in [-0.39, 0.29) is 5.69 Å². The number of hydrogen-bond acceptors (Lipinski definition) is 4. The maximum Gasteiger partial charge on any atom is 0.279 e. The second kappa shape index (κ2) is 10.0. The van der Waals surface area contributed by atoms with E-state index < -0.39 is 23.7 Å². The molecule has 0 aliphatic carbocycles. The molecule has 0 saturated heterocycles. The van der Waals surface area contributed by atoms with Crippen LogP contribution in [0.2, 0.25) is 0 Å². The van der Waals surface area contributed by atoms with Gasteiger partial charge in [0.15, 0.2) is 0 Å². The summed E-state index contributed by atoms with van der Waals surface area (Å²) in [6.07, 6.45) is 4.28. The Kier molecular flexibility index (Phi) is 6.73. The average Bonchev–Trinajstić information content (AvgIpc) is 2.85. The van der Waals surface area contributed by atoms with Crippen LogP contribution < -0.4 is 10.2 Å². The second-order valence-electron chi connectivity index (χ2n) is 7.91. The lowest BCUT2D eigenvalue weighted by Gasteiger charge is -2.31. The Morgan fingerprint density at radius 3 is 2.29 bits per heavy atom. The van der Waals surface area contributed by atoms with Crippen molar-refractivity contribution in [1.82, 2.24) is 9.97 Å². The van der Waals surface area contributed by atoms with Crippen LogP contribution >= 0.6 is 0 Å². The largest absolute Gasteiger partial charge is 0.324 e. The molecule has 0 aliphatic rings. The van der Waals surface area contributed by atoms with Gasteiger partial charge in [-0.15, -0.1) is 0 Å². The molecule has 0 saturated carbocycles. The summed E-state index contributed by atoms with van der Waals surface area (Å²) in [6, 6.07) is 19.2. The molecular formula is C27H23FN4O2. The summed E-state index contributed by atoms with van der Waals surface area (Å²) in [7, 11) is 0. The molecule has 0 radical (unpaired) electrons. The third-order valence-corrected chi connectivity index (χ3v) is 5.29. The number of nitrogens with one attached hydrogen (secondary N) is 1. The van der Waals surface area contributed by atoms with Gasteiger partial charge in [-0.1, -0.05) is 42.0 Å². The van der Waals surface area contributed by atoms with Crippen LogP contribution in [0.15, 0.2) is 91.4 Å². The molecule has 170 valence electrons. The zero-order valence-electron chi connectivity index (χ0n) is 18.8. The number of nitrogens with zero attached hydrogens (tertiary/aromatic N) is 3. The van der Waals surface area contributed by atoms with Gasteiger partial charge in [0.1, 0.15) is 17.6 Å². The number of rotatable bonds is 6. The predicted molar refractivity (Wildman–Crippen MR) is 129 cm³/mol. The molecule has 1 heterocycles. The number of carbonyl (C=O) groups excluding carboxylic acids is 2. The van der Waals surface area contributed by atoms with E-state index in [1.54, 1.807) is 6.07 Å². The number of hydrogen-bond donors (Lipinski definition) is 1. The third-order valence-electron chi connectivity index (χ3n) is 5.29. The van der Waals surface area contributed by atoms with Gasteiger partial charge in [-0.2, -0.15) is 0 Å². The minimum absolute atomic E-state index is 0.107. The first-order valence-electron chi connectivity index (χ1n) is 10.7. The highest BCUT2D eigenvalue weighted by Gasteiger charge is 2.34. The lowest BCUT2D eigenvalue weighted by molar-refractivity contribution is -0.117. The van der Waals surface area contributed by atoms with Gasteiger partial charge in [-0.3, -0.25) is 19.5 Å². The van der Waals surface area contributed by atoms with E-state index in [9.17, 15) is 14.0 Å². The zero-order chi connectivity index (χ0) is 24.1. The monoisotopic (exact) mass is 454 g/mol. The molecule has 2 amide bonds. The van der Waals surface area contributed by atoms with Crippen LogP contribution in [-0.4, -0.2) is 21.8 Å². The highest BCUT2D eigenvalue weighted by molar-refractivity contribution is 6.11. The standard InChI is InChI=1S/C27H23FN4O2/c1-18-6-8-20(9-7-18)25(26(33)31-22-12-10-21(28)11-13-22)32(23-5-3-4-19(2)16-23)27(34)24-17-29-14-15-30-24/h3-17,25H,1-2H3,(H,31,33)/t25-/m1/s1. The van der Waals surface area contributed by atoms with E-state index in [0.29, 0.717) is 16.9 Å². The molecule has 0 fully saturated rings. The van der Waals surface area contributed by atoms with Gasteiger partial charge in [0, 0.05) is 23.8 Å². The molecule has 0 bridgehead atoms. The van der Waals surface area contributed by atoms with Crippen molar-refractivity contribution in [3.63, 3.8) is 0 Å². The molecule has 4 aromatic rings. The van der Waals surface area contributed by atoms with Gasteiger partial charge in [0.25, 0.3) is 11.8 Å². The van der Waals surface area contributed by atoms with Crippen LogP contribution in [0.5, 0.6) is 0 Å². The van der Waals surface area contributed by atoms with E-state index in [1.807, 2.05) is 56.3 Å². The van der Waals surface area contributed by atoms with Gasteiger partial charge in [-0.05, 0) is 61.4 Å². The number of amides is 2. The Labute approximate surface area is 197 Å². The predicted octanol–water partition coefficient (Wildman–Crippen LogP) is 5.26. The number of aryl methyl sites for hydroxylation is 2. The Bertz CT molecular complexity index is 1290. The van der Waals surface area contributed by atoms with Crippen LogP contribution in [0.4, 0.5) is 15.8 Å². The molecule has 0 spiro atoms. The van der Waals surface area contributed by atoms with E-state index in [0.717, 1.165) is 11.1 Å². The summed E-state index contributed by atoms with van der Waals surface area (Å²) >= 11 is 0. The fourth-order valence-electron chi connectivity index (χ4n) is 3.60. The second-order valence-corrected chi connectivity index (χ2v) is 7.91. The molecule has 1 aromatic heterocycles. The minimum Gasteiger partial charge on any atom is -0.324 e. The summed E-state index contributed by atoms with van der Waals surface area (Å²) in [5.41, 5.74) is 3.62. The van der Waals surface area contributed by atoms with Crippen molar-refractivity contribution in [2.45, 2.75) is 19.9 Å². The van der Waals surface area contributed by atoms with E-state index in [1.165, 1.54) is 47.8 Å². The Balaban J connectivity index is 1.84. The summed E-state index contributed by atoms with van der Waals surface area (Å²) in [4.78, 5) is 37.0. The van der Waals surface area contributed by atoms with Crippen LogP contribution in [-0.2, 0) is 4.79 Å². The normalized spacial score (nSPS) is 11.5. The van der Waals surface area contributed by atoms with Crippen molar-refractivity contribution < 1.29 is 14.0 Å². The number of carbonyl (C=O) groups is 2. The van der Waals surface area contributed by atoms with Crippen LogP contribution in [0, 0.1) is 19.7 Å². The van der Waals surface area contributed by atoms with Crippen molar-refractivity contribution in [2.75, 3.05) is 10.2 Å². The van der Waals surface area contributed by atoms with E-state index in [2.05, 4.69) is 15.3 Å².